The predicted octanol–water partition coefficient (Wildman–Crippen LogP) is 3.27. The van der Waals surface area contributed by atoms with Crippen LogP contribution in [0.2, 0.25) is 18.6 Å². The summed E-state index contributed by atoms with van der Waals surface area (Å²) in [5, 5.41) is 11.1. The summed E-state index contributed by atoms with van der Waals surface area (Å²) in [6, 6.07) is 13.7. The highest BCUT2D eigenvalue weighted by molar-refractivity contribution is 6.91. The van der Waals surface area contributed by atoms with Crippen LogP contribution in [0, 0.1) is 5.92 Å². The summed E-state index contributed by atoms with van der Waals surface area (Å²) in [7, 11) is 2.73. The highest BCUT2D eigenvalue weighted by atomic mass is 28.3. The third-order valence-electron chi connectivity index (χ3n) is 9.46. The predicted molar refractivity (Wildman–Crippen MR) is 152 cm³/mol. The molecule has 9 heteroatoms. The molecule has 2 aromatic rings. The minimum absolute atomic E-state index is 0.0185. The molecule has 210 valence electrons. The van der Waals surface area contributed by atoms with Crippen molar-refractivity contribution in [1.82, 2.24) is 4.90 Å². The van der Waals surface area contributed by atoms with E-state index in [-0.39, 0.29) is 42.3 Å². The third-order valence-corrected chi connectivity index (χ3v) is 13.8. The van der Waals surface area contributed by atoms with E-state index >= 15 is 0 Å². The molecule has 0 unspecified atom stereocenters. The Morgan fingerprint density at radius 2 is 1.79 bits per heavy atom. The summed E-state index contributed by atoms with van der Waals surface area (Å²) < 4.78 is 17.9. The highest BCUT2D eigenvalue weighted by Gasteiger charge is 2.66. The van der Waals surface area contributed by atoms with Crippen LogP contribution in [0.3, 0.4) is 0 Å². The van der Waals surface area contributed by atoms with Gasteiger partial charge >= 0.3 is 0 Å². The smallest absolute Gasteiger partial charge is 0.264 e. The first kappa shape index (κ1) is 27.7. The van der Waals surface area contributed by atoms with Gasteiger partial charge in [-0.2, -0.15) is 0 Å². The Morgan fingerprint density at radius 1 is 1.13 bits per heavy atom. The third kappa shape index (κ3) is 4.26. The molecule has 0 bridgehead atoms. The lowest BCUT2D eigenvalue weighted by Gasteiger charge is -2.37. The van der Waals surface area contributed by atoms with Gasteiger partial charge in [-0.15, -0.1) is 0 Å². The van der Waals surface area contributed by atoms with Crippen molar-refractivity contribution < 1.29 is 28.9 Å². The van der Waals surface area contributed by atoms with E-state index in [0.717, 1.165) is 29.8 Å². The van der Waals surface area contributed by atoms with E-state index in [4.69, 9.17) is 14.2 Å². The molecule has 2 saturated heterocycles. The summed E-state index contributed by atoms with van der Waals surface area (Å²) in [6.07, 6.45) is 1.41. The second kappa shape index (κ2) is 10.3. The normalized spacial score (nSPS) is 28.3. The van der Waals surface area contributed by atoms with Crippen LogP contribution < -0.4 is 19.6 Å². The fraction of sp³-hybridized carbons (Fsp3) is 0.533. The first-order valence-corrected chi connectivity index (χ1v) is 16.9. The maximum atomic E-state index is 14.1. The molecule has 0 aromatic heterocycles. The Balaban J connectivity index is 1.60. The standard InChI is InChI=1S/C30H40N2O6Si/c1-19-28(39(5,6)23-12-9-21(36-3)10-13-23)26(17-27(34)32-15-7-8-20(32)18-33)38-30(19)24-16-22(37-4)11-14-25(24)31(2)29(30)35/h9-14,16,19-20,26,28,33H,7-8,15,17-18H2,1-6H3/t19-,20-,26+,28-,30+/m0/s1. The van der Waals surface area contributed by atoms with Crippen molar-refractivity contribution in [3.05, 3.63) is 48.0 Å². The minimum Gasteiger partial charge on any atom is -0.497 e. The number of fused-ring (bicyclic) bond motifs is 2. The monoisotopic (exact) mass is 552 g/mol. The number of carbonyl (C=O) groups excluding carboxylic acids is 2. The van der Waals surface area contributed by atoms with Crippen LogP contribution in [0.1, 0.15) is 31.7 Å². The number of benzene rings is 2. The van der Waals surface area contributed by atoms with Crippen LogP contribution in [-0.4, -0.2) is 76.5 Å². The number of rotatable bonds is 7. The second-order valence-corrected chi connectivity index (χ2v) is 16.4. The van der Waals surface area contributed by atoms with Gasteiger partial charge in [0.1, 0.15) is 11.5 Å². The van der Waals surface area contributed by atoms with E-state index in [1.807, 2.05) is 30.3 Å². The summed E-state index contributed by atoms with van der Waals surface area (Å²) in [5.41, 5.74) is 0.379. The number of methoxy groups -OCH3 is 2. The zero-order chi connectivity index (χ0) is 28.1. The molecule has 3 aliphatic heterocycles. The molecule has 0 saturated carbocycles. The number of anilines is 1. The summed E-state index contributed by atoms with van der Waals surface area (Å²) in [4.78, 5) is 31.3. The maximum Gasteiger partial charge on any atom is 0.264 e. The molecule has 1 N–H and O–H groups in total. The molecule has 3 aliphatic rings. The number of aliphatic hydroxyl groups is 1. The minimum atomic E-state index is -2.33. The molecule has 2 amide bonds. The molecule has 2 fully saturated rings. The number of hydrogen-bond acceptors (Lipinski definition) is 6. The van der Waals surface area contributed by atoms with Crippen LogP contribution in [0.5, 0.6) is 11.5 Å². The van der Waals surface area contributed by atoms with Gasteiger partial charge in [-0.1, -0.05) is 37.3 Å². The van der Waals surface area contributed by atoms with Crippen LogP contribution in [0.25, 0.3) is 0 Å². The quantitative estimate of drug-likeness (QED) is 0.531. The van der Waals surface area contributed by atoms with Crippen molar-refractivity contribution in [3.8, 4) is 11.5 Å². The van der Waals surface area contributed by atoms with E-state index in [0.29, 0.717) is 12.3 Å². The zero-order valence-electron chi connectivity index (χ0n) is 23.8. The highest BCUT2D eigenvalue weighted by Crippen LogP contribution is 2.60. The molecule has 0 aliphatic carbocycles. The zero-order valence-corrected chi connectivity index (χ0v) is 24.8. The van der Waals surface area contributed by atoms with Crippen molar-refractivity contribution in [2.45, 2.75) is 62.6 Å². The van der Waals surface area contributed by atoms with Gasteiger partial charge in [0, 0.05) is 25.1 Å². The van der Waals surface area contributed by atoms with Crippen LogP contribution in [0.15, 0.2) is 42.5 Å². The topological polar surface area (TPSA) is 88.5 Å². The first-order chi connectivity index (χ1) is 18.6. The second-order valence-electron chi connectivity index (χ2n) is 11.7. The Labute approximate surface area is 231 Å². The molecular weight excluding hydrogens is 512 g/mol. The molecule has 5 atom stereocenters. The van der Waals surface area contributed by atoms with Crippen molar-refractivity contribution in [2.24, 2.45) is 5.92 Å². The number of hydrogen-bond donors (Lipinski definition) is 1. The molecule has 2 aromatic carbocycles. The number of nitrogens with zero attached hydrogens (tertiary/aromatic N) is 2. The van der Waals surface area contributed by atoms with Crippen molar-refractivity contribution >= 4 is 30.8 Å². The Hall–Kier alpha value is -2.88. The van der Waals surface area contributed by atoms with Gasteiger partial charge in [0.2, 0.25) is 5.91 Å². The summed E-state index contributed by atoms with van der Waals surface area (Å²) >= 11 is 0. The lowest BCUT2D eigenvalue weighted by molar-refractivity contribution is -0.149. The van der Waals surface area contributed by atoms with Crippen molar-refractivity contribution in [3.63, 3.8) is 0 Å². The number of likely N-dealkylation sites (N-methyl/N-ethyl adjacent to an activating group) is 1. The fourth-order valence-corrected chi connectivity index (χ4v) is 11.4. The lowest BCUT2D eigenvalue weighted by atomic mass is 9.82. The molecule has 8 nitrogen and oxygen atoms in total. The van der Waals surface area contributed by atoms with Gasteiger partial charge in [-0.05, 0) is 48.7 Å². The molecule has 39 heavy (non-hydrogen) atoms. The molecular formula is C30H40N2O6Si. The maximum absolute atomic E-state index is 14.1. The Kier molecular flexibility index (Phi) is 7.28. The molecule has 0 radical (unpaired) electrons. The van der Waals surface area contributed by atoms with E-state index < -0.39 is 19.8 Å². The van der Waals surface area contributed by atoms with Crippen molar-refractivity contribution in [2.75, 3.05) is 39.3 Å². The summed E-state index contributed by atoms with van der Waals surface area (Å²) in [6.45, 7) is 7.32. The van der Waals surface area contributed by atoms with Gasteiger partial charge in [-0.25, -0.2) is 0 Å². The Bertz CT molecular complexity index is 1250. The SMILES string of the molecule is COc1ccc([Si](C)(C)[C@@H]2[C@@H](CC(=O)N3CCC[C@H]3CO)O[C@]3(C(=O)N(C)c4ccc(OC)cc43)[C@H]2C)cc1. The molecule has 5 rings (SSSR count). The number of ether oxygens (including phenoxy) is 3. The van der Waals surface area contributed by atoms with Gasteiger partial charge in [0.05, 0.1) is 53.2 Å². The number of likely N-dealkylation sites (tertiary alicyclic amines) is 1. The fourth-order valence-electron chi connectivity index (χ4n) is 7.37. The van der Waals surface area contributed by atoms with Gasteiger partial charge in [0.15, 0.2) is 5.60 Å². The lowest BCUT2D eigenvalue weighted by Crippen LogP contribution is -2.52. The van der Waals surface area contributed by atoms with E-state index in [1.165, 1.54) is 5.19 Å². The number of carbonyl (C=O) groups is 2. The number of aliphatic hydroxyl groups excluding tert-OH is 1. The van der Waals surface area contributed by atoms with Gasteiger partial charge in [0.25, 0.3) is 5.91 Å². The Morgan fingerprint density at radius 3 is 2.44 bits per heavy atom. The van der Waals surface area contributed by atoms with Crippen molar-refractivity contribution in [1.29, 1.82) is 0 Å². The van der Waals surface area contributed by atoms with E-state index in [1.54, 1.807) is 31.1 Å². The summed E-state index contributed by atoms with van der Waals surface area (Å²) in [5.74, 6) is 1.15. The average molecular weight is 553 g/mol. The van der Waals surface area contributed by atoms with Gasteiger partial charge < -0.3 is 29.1 Å². The van der Waals surface area contributed by atoms with E-state index in [2.05, 4.69) is 32.2 Å². The first-order valence-electron chi connectivity index (χ1n) is 13.8. The van der Waals surface area contributed by atoms with Crippen LogP contribution >= 0.6 is 0 Å². The van der Waals surface area contributed by atoms with Crippen LogP contribution in [0.4, 0.5) is 5.69 Å². The largest absolute Gasteiger partial charge is 0.497 e. The molecule has 3 heterocycles. The van der Waals surface area contributed by atoms with E-state index in [9.17, 15) is 14.7 Å². The number of amides is 2. The molecule has 1 spiro atoms. The average Bonchev–Trinajstić information content (AvgIpc) is 3.59. The van der Waals surface area contributed by atoms with Crippen LogP contribution in [-0.2, 0) is 19.9 Å². The van der Waals surface area contributed by atoms with Gasteiger partial charge in [-0.3, -0.25) is 9.59 Å².